The molecule has 5 heteroatoms. The van der Waals surface area contributed by atoms with E-state index < -0.39 is 6.61 Å². The summed E-state index contributed by atoms with van der Waals surface area (Å²) in [5.41, 5.74) is 0.633. The summed E-state index contributed by atoms with van der Waals surface area (Å²) in [6.07, 6.45) is 2.74. The van der Waals surface area contributed by atoms with Crippen molar-refractivity contribution in [2.75, 3.05) is 12.4 Å². The van der Waals surface area contributed by atoms with Crippen LogP contribution in [0.1, 0.15) is 0 Å². The molecule has 3 nitrogen and oxygen atoms in total. The van der Waals surface area contributed by atoms with E-state index in [1.165, 1.54) is 18.5 Å². The van der Waals surface area contributed by atoms with Crippen LogP contribution in [0.5, 0.6) is 5.75 Å². The monoisotopic (exact) mass is 174 g/mol. The predicted molar refractivity (Wildman–Crippen MR) is 40.4 cm³/mol. The Morgan fingerprint density at radius 3 is 2.83 bits per heavy atom. The van der Waals surface area contributed by atoms with Gasteiger partial charge in [0, 0.05) is 13.1 Å². The molecule has 1 rings (SSSR count). The first kappa shape index (κ1) is 8.70. The van der Waals surface area contributed by atoms with Gasteiger partial charge in [0.15, 0.2) is 0 Å². The molecule has 0 saturated heterocycles. The zero-order valence-electron chi connectivity index (χ0n) is 6.42. The minimum Gasteiger partial charge on any atom is -0.433 e. The number of hydrogen-bond donors (Lipinski definition) is 1. The third kappa shape index (κ3) is 2.34. The third-order valence-electron chi connectivity index (χ3n) is 1.23. The molecule has 0 aromatic carbocycles. The predicted octanol–water partition coefficient (Wildman–Crippen LogP) is 1.72. The average Bonchev–Trinajstić information content (AvgIpc) is 2.03. The first-order valence-electron chi connectivity index (χ1n) is 3.30. The van der Waals surface area contributed by atoms with E-state index in [-0.39, 0.29) is 5.75 Å². The van der Waals surface area contributed by atoms with Crippen molar-refractivity contribution < 1.29 is 13.5 Å². The normalized spacial score (nSPS) is 10.0. The fourth-order valence-corrected chi connectivity index (χ4v) is 0.723. The van der Waals surface area contributed by atoms with Crippen LogP contribution in [0.15, 0.2) is 18.5 Å². The molecule has 66 valence electrons. The molecule has 1 heterocycles. The highest BCUT2D eigenvalue weighted by molar-refractivity contribution is 5.44. The molecule has 0 spiro atoms. The molecule has 0 radical (unpaired) electrons. The summed E-state index contributed by atoms with van der Waals surface area (Å²) < 4.78 is 27.5. The number of pyridine rings is 1. The van der Waals surface area contributed by atoms with Gasteiger partial charge in [0.25, 0.3) is 0 Å². The van der Waals surface area contributed by atoms with Gasteiger partial charge in [-0.2, -0.15) is 8.78 Å². The van der Waals surface area contributed by atoms with Gasteiger partial charge in [-0.1, -0.05) is 0 Å². The number of halogens is 2. The van der Waals surface area contributed by atoms with E-state index in [1.807, 2.05) is 0 Å². The number of alkyl halides is 2. The van der Waals surface area contributed by atoms with Crippen molar-refractivity contribution in [3.8, 4) is 5.75 Å². The van der Waals surface area contributed by atoms with Gasteiger partial charge in [0.2, 0.25) is 0 Å². The first-order valence-corrected chi connectivity index (χ1v) is 3.30. The number of ether oxygens (including phenoxy) is 1. The number of nitrogens with zero attached hydrogens (tertiary/aromatic N) is 1. The lowest BCUT2D eigenvalue weighted by Crippen LogP contribution is -2.02. The number of rotatable bonds is 3. The van der Waals surface area contributed by atoms with E-state index in [0.717, 1.165) is 0 Å². The minimum absolute atomic E-state index is 0.0526. The number of aromatic nitrogens is 1. The van der Waals surface area contributed by atoms with Crippen LogP contribution >= 0.6 is 0 Å². The van der Waals surface area contributed by atoms with E-state index in [4.69, 9.17) is 0 Å². The van der Waals surface area contributed by atoms with Gasteiger partial charge in [-0.05, 0) is 0 Å². The summed E-state index contributed by atoms with van der Waals surface area (Å²) >= 11 is 0. The van der Waals surface area contributed by atoms with E-state index >= 15 is 0 Å². The molecule has 12 heavy (non-hydrogen) atoms. The van der Waals surface area contributed by atoms with Gasteiger partial charge < -0.3 is 10.1 Å². The third-order valence-corrected chi connectivity index (χ3v) is 1.23. The highest BCUT2D eigenvalue weighted by Gasteiger charge is 2.03. The van der Waals surface area contributed by atoms with E-state index in [9.17, 15) is 8.78 Å². The van der Waals surface area contributed by atoms with E-state index in [2.05, 4.69) is 15.0 Å². The Bertz CT molecular complexity index is 255. The zero-order valence-corrected chi connectivity index (χ0v) is 6.42. The molecule has 0 unspecified atom stereocenters. The molecular formula is C7H8F2N2O. The number of hydrogen-bond acceptors (Lipinski definition) is 3. The Morgan fingerprint density at radius 2 is 2.25 bits per heavy atom. The van der Waals surface area contributed by atoms with Crippen molar-refractivity contribution in [3.63, 3.8) is 0 Å². The molecule has 0 aliphatic rings. The van der Waals surface area contributed by atoms with Crippen LogP contribution in [0.4, 0.5) is 14.5 Å². The van der Waals surface area contributed by atoms with Crippen LogP contribution in [-0.2, 0) is 0 Å². The molecule has 0 aliphatic heterocycles. The second-order valence-corrected chi connectivity index (χ2v) is 2.04. The van der Waals surface area contributed by atoms with Crippen LogP contribution in [0.2, 0.25) is 0 Å². The molecule has 0 saturated carbocycles. The molecule has 1 aromatic rings. The first-order chi connectivity index (χ1) is 5.72. The number of anilines is 1. The molecule has 0 atom stereocenters. The van der Waals surface area contributed by atoms with Crippen LogP contribution in [0, 0.1) is 0 Å². The highest BCUT2D eigenvalue weighted by atomic mass is 19.3. The van der Waals surface area contributed by atoms with Crippen molar-refractivity contribution in [2.45, 2.75) is 6.61 Å². The Morgan fingerprint density at radius 1 is 1.50 bits per heavy atom. The summed E-state index contributed by atoms with van der Waals surface area (Å²) in [4.78, 5) is 3.69. The lowest BCUT2D eigenvalue weighted by Gasteiger charge is -2.04. The van der Waals surface area contributed by atoms with Crippen molar-refractivity contribution in [1.82, 2.24) is 4.98 Å². The fraction of sp³-hybridized carbons (Fsp3) is 0.286. The second kappa shape index (κ2) is 3.85. The molecule has 0 fully saturated rings. The van der Waals surface area contributed by atoms with Crippen LogP contribution in [0.25, 0.3) is 0 Å². The lowest BCUT2D eigenvalue weighted by atomic mass is 10.4. The van der Waals surface area contributed by atoms with Crippen molar-refractivity contribution in [1.29, 1.82) is 0 Å². The zero-order chi connectivity index (χ0) is 8.97. The molecule has 0 bridgehead atoms. The molecule has 0 aliphatic carbocycles. The summed E-state index contributed by atoms with van der Waals surface area (Å²) in [6.45, 7) is -2.81. The summed E-state index contributed by atoms with van der Waals surface area (Å²) in [5.74, 6) is 0.0526. The maximum atomic E-state index is 11.7. The lowest BCUT2D eigenvalue weighted by molar-refractivity contribution is -0.0500. The minimum atomic E-state index is -2.81. The maximum absolute atomic E-state index is 11.7. The van der Waals surface area contributed by atoms with Gasteiger partial charge in [-0.15, -0.1) is 0 Å². The smallest absolute Gasteiger partial charge is 0.387 e. The van der Waals surface area contributed by atoms with Crippen molar-refractivity contribution in [3.05, 3.63) is 18.5 Å². The molecular weight excluding hydrogens is 166 g/mol. The van der Waals surface area contributed by atoms with Gasteiger partial charge >= 0.3 is 6.61 Å². The van der Waals surface area contributed by atoms with Gasteiger partial charge in [0.05, 0.1) is 18.1 Å². The Kier molecular flexibility index (Phi) is 2.79. The van der Waals surface area contributed by atoms with Gasteiger partial charge in [-0.3, -0.25) is 4.98 Å². The van der Waals surface area contributed by atoms with E-state index in [0.29, 0.717) is 5.69 Å². The molecule has 0 amide bonds. The van der Waals surface area contributed by atoms with Gasteiger partial charge in [-0.25, -0.2) is 0 Å². The topological polar surface area (TPSA) is 34.2 Å². The Hall–Kier alpha value is -1.39. The SMILES string of the molecule is CNc1cncc(OC(F)F)c1. The van der Waals surface area contributed by atoms with Crippen LogP contribution in [-0.4, -0.2) is 18.6 Å². The second-order valence-electron chi connectivity index (χ2n) is 2.04. The maximum Gasteiger partial charge on any atom is 0.387 e. The molecule has 1 aromatic heterocycles. The summed E-state index contributed by atoms with van der Waals surface area (Å²) in [7, 11) is 1.67. The fourth-order valence-electron chi connectivity index (χ4n) is 0.723. The largest absolute Gasteiger partial charge is 0.433 e. The average molecular weight is 174 g/mol. The standard InChI is InChI=1S/C7H8F2N2O/c1-10-5-2-6(4-11-3-5)12-7(8)9/h2-4,7,10H,1H3. The van der Waals surface area contributed by atoms with Crippen molar-refractivity contribution in [2.24, 2.45) is 0 Å². The van der Waals surface area contributed by atoms with Gasteiger partial charge in [0.1, 0.15) is 5.75 Å². The summed E-state index contributed by atoms with van der Waals surface area (Å²) in [6, 6.07) is 1.44. The van der Waals surface area contributed by atoms with Crippen molar-refractivity contribution >= 4 is 5.69 Å². The van der Waals surface area contributed by atoms with Crippen LogP contribution < -0.4 is 10.1 Å². The van der Waals surface area contributed by atoms with Crippen LogP contribution in [0.3, 0.4) is 0 Å². The van der Waals surface area contributed by atoms with E-state index in [1.54, 1.807) is 7.05 Å². The quantitative estimate of drug-likeness (QED) is 0.757. The molecule has 1 N–H and O–H groups in total. The Labute approximate surface area is 68.4 Å². The summed E-state index contributed by atoms with van der Waals surface area (Å²) in [5, 5.41) is 2.75. The number of nitrogens with one attached hydrogen (secondary N) is 1. The highest BCUT2D eigenvalue weighted by Crippen LogP contribution is 2.16. The Balaban J connectivity index is 2.72.